The van der Waals surface area contributed by atoms with Gasteiger partial charge in [0.05, 0.1) is 14.2 Å². The van der Waals surface area contributed by atoms with Crippen molar-refractivity contribution in [3.05, 3.63) is 59.8 Å². The Labute approximate surface area is 194 Å². The molecule has 0 bridgehead atoms. The third-order valence-electron chi connectivity index (χ3n) is 5.51. The zero-order chi connectivity index (χ0) is 23.2. The Morgan fingerprint density at radius 3 is 2.15 bits per heavy atom. The molecule has 1 amide bonds. The maximum absolute atomic E-state index is 12.7. The minimum atomic E-state index is -0.245. The van der Waals surface area contributed by atoms with Crippen LogP contribution in [0.1, 0.15) is 35.3 Å². The number of anilines is 4. The molecule has 1 aromatic heterocycles. The summed E-state index contributed by atoms with van der Waals surface area (Å²) in [5, 5.41) is 6.25. The van der Waals surface area contributed by atoms with E-state index in [0.29, 0.717) is 22.7 Å². The molecule has 2 aromatic carbocycles. The van der Waals surface area contributed by atoms with E-state index in [0.717, 1.165) is 36.2 Å². The third-order valence-corrected chi connectivity index (χ3v) is 5.51. The molecule has 1 aliphatic rings. The van der Waals surface area contributed by atoms with Gasteiger partial charge in [0.1, 0.15) is 17.3 Å². The zero-order valence-corrected chi connectivity index (χ0v) is 19.2. The molecule has 0 unspecified atom stereocenters. The second-order valence-corrected chi connectivity index (χ2v) is 8.00. The number of methoxy groups -OCH3 is 2. The van der Waals surface area contributed by atoms with E-state index in [1.54, 1.807) is 32.4 Å². The fraction of sp³-hybridized carbons (Fsp3) is 0.320. The highest BCUT2D eigenvalue weighted by molar-refractivity contribution is 6.04. The SMILES string of the molecule is COc1cc(OC)cc(C(=O)Nc2ccc(Nc3cc(C)nc(N4CCCCC4)n3)cc2)c1. The average Bonchev–Trinajstić information content (AvgIpc) is 2.85. The molecule has 4 rings (SSSR count). The number of aryl methyl sites for hydroxylation is 1. The van der Waals surface area contributed by atoms with Gasteiger partial charge in [0, 0.05) is 47.9 Å². The number of hydrogen-bond donors (Lipinski definition) is 2. The highest BCUT2D eigenvalue weighted by Gasteiger charge is 2.15. The molecule has 8 nitrogen and oxygen atoms in total. The van der Waals surface area contributed by atoms with E-state index in [2.05, 4.69) is 20.5 Å². The van der Waals surface area contributed by atoms with Gasteiger partial charge in [-0.25, -0.2) is 4.98 Å². The van der Waals surface area contributed by atoms with Gasteiger partial charge in [-0.15, -0.1) is 0 Å². The van der Waals surface area contributed by atoms with Crippen LogP contribution in [-0.2, 0) is 0 Å². The summed E-state index contributed by atoms with van der Waals surface area (Å²) in [7, 11) is 3.10. The van der Waals surface area contributed by atoms with Crippen LogP contribution in [0.2, 0.25) is 0 Å². The molecule has 0 radical (unpaired) electrons. The van der Waals surface area contributed by atoms with E-state index in [1.165, 1.54) is 19.3 Å². The predicted octanol–water partition coefficient (Wildman–Crippen LogP) is 4.79. The normalized spacial score (nSPS) is 13.4. The molecule has 2 heterocycles. The summed E-state index contributed by atoms with van der Waals surface area (Å²) in [4.78, 5) is 24.3. The summed E-state index contributed by atoms with van der Waals surface area (Å²) in [5.41, 5.74) is 2.93. The Balaban J connectivity index is 1.44. The van der Waals surface area contributed by atoms with Crippen LogP contribution < -0.4 is 25.0 Å². The van der Waals surface area contributed by atoms with Crippen molar-refractivity contribution >= 4 is 29.0 Å². The molecule has 172 valence electrons. The molecule has 0 saturated carbocycles. The van der Waals surface area contributed by atoms with Crippen LogP contribution in [-0.4, -0.2) is 43.2 Å². The number of carbonyl (C=O) groups is 1. The van der Waals surface area contributed by atoms with Crippen LogP contribution in [0, 0.1) is 6.92 Å². The summed E-state index contributed by atoms with van der Waals surface area (Å²) in [6, 6.07) is 14.5. The molecule has 1 fully saturated rings. The molecule has 0 atom stereocenters. The van der Waals surface area contributed by atoms with Crippen molar-refractivity contribution in [1.82, 2.24) is 9.97 Å². The summed E-state index contributed by atoms with van der Waals surface area (Å²) < 4.78 is 10.5. The van der Waals surface area contributed by atoms with E-state index in [1.807, 2.05) is 37.3 Å². The van der Waals surface area contributed by atoms with Crippen molar-refractivity contribution < 1.29 is 14.3 Å². The lowest BCUT2D eigenvalue weighted by Crippen LogP contribution is -2.31. The summed E-state index contributed by atoms with van der Waals surface area (Å²) in [5.74, 6) is 2.40. The van der Waals surface area contributed by atoms with Crippen molar-refractivity contribution in [3.8, 4) is 11.5 Å². The van der Waals surface area contributed by atoms with Crippen molar-refractivity contribution in [3.63, 3.8) is 0 Å². The van der Waals surface area contributed by atoms with Crippen LogP contribution in [0.25, 0.3) is 0 Å². The average molecular weight is 448 g/mol. The van der Waals surface area contributed by atoms with E-state index in [9.17, 15) is 4.79 Å². The number of piperidine rings is 1. The number of rotatable bonds is 7. The molecule has 8 heteroatoms. The Kier molecular flexibility index (Phi) is 6.92. The standard InChI is InChI=1S/C25H29N5O3/c1-17-13-23(29-25(26-17)30-11-5-4-6-12-30)27-19-7-9-20(10-8-19)28-24(31)18-14-21(32-2)16-22(15-18)33-3/h7-10,13-16H,4-6,11-12H2,1-3H3,(H,28,31)(H,26,27,29). The van der Waals surface area contributed by atoms with Crippen LogP contribution >= 0.6 is 0 Å². The van der Waals surface area contributed by atoms with Gasteiger partial charge in [-0.05, 0) is 62.6 Å². The van der Waals surface area contributed by atoms with Crippen molar-refractivity contribution in [2.45, 2.75) is 26.2 Å². The smallest absolute Gasteiger partial charge is 0.255 e. The Hall–Kier alpha value is -3.81. The fourth-order valence-electron chi connectivity index (χ4n) is 3.78. The van der Waals surface area contributed by atoms with Crippen LogP contribution in [0.3, 0.4) is 0 Å². The molecule has 0 spiro atoms. The molecule has 1 saturated heterocycles. The first-order chi connectivity index (χ1) is 16.0. The van der Waals surface area contributed by atoms with Crippen molar-refractivity contribution in [2.24, 2.45) is 0 Å². The highest BCUT2D eigenvalue weighted by Crippen LogP contribution is 2.25. The summed E-state index contributed by atoms with van der Waals surface area (Å²) >= 11 is 0. The van der Waals surface area contributed by atoms with E-state index in [4.69, 9.17) is 14.5 Å². The minimum absolute atomic E-state index is 0.245. The maximum atomic E-state index is 12.7. The van der Waals surface area contributed by atoms with Gasteiger partial charge in [-0.3, -0.25) is 4.79 Å². The first-order valence-electron chi connectivity index (χ1n) is 11.1. The van der Waals surface area contributed by atoms with Crippen LogP contribution in [0.4, 0.5) is 23.1 Å². The van der Waals surface area contributed by atoms with Gasteiger partial charge < -0.3 is 25.0 Å². The first-order valence-corrected chi connectivity index (χ1v) is 11.1. The summed E-state index contributed by atoms with van der Waals surface area (Å²) in [6.07, 6.45) is 3.62. The minimum Gasteiger partial charge on any atom is -0.497 e. The highest BCUT2D eigenvalue weighted by atomic mass is 16.5. The van der Waals surface area contributed by atoms with E-state index < -0.39 is 0 Å². The molecular formula is C25H29N5O3. The lowest BCUT2D eigenvalue weighted by Gasteiger charge is -2.27. The second kappa shape index (κ2) is 10.2. The number of nitrogens with zero attached hydrogens (tertiary/aromatic N) is 3. The number of ether oxygens (including phenoxy) is 2. The zero-order valence-electron chi connectivity index (χ0n) is 19.2. The number of hydrogen-bond acceptors (Lipinski definition) is 7. The number of nitrogens with one attached hydrogen (secondary N) is 2. The molecule has 0 aliphatic carbocycles. The molecule has 3 aromatic rings. The topological polar surface area (TPSA) is 88.6 Å². The lowest BCUT2D eigenvalue weighted by atomic mass is 10.1. The number of benzene rings is 2. The quantitative estimate of drug-likeness (QED) is 0.538. The monoisotopic (exact) mass is 447 g/mol. The van der Waals surface area contributed by atoms with Crippen molar-refractivity contribution in [2.75, 3.05) is 42.8 Å². The molecular weight excluding hydrogens is 418 g/mol. The van der Waals surface area contributed by atoms with Crippen LogP contribution in [0.5, 0.6) is 11.5 Å². The van der Waals surface area contributed by atoms with Gasteiger partial charge in [0.25, 0.3) is 5.91 Å². The van der Waals surface area contributed by atoms with E-state index in [-0.39, 0.29) is 5.91 Å². The first kappa shape index (κ1) is 22.4. The second-order valence-electron chi connectivity index (χ2n) is 8.00. The largest absolute Gasteiger partial charge is 0.497 e. The third kappa shape index (κ3) is 5.71. The number of aromatic nitrogens is 2. The Morgan fingerprint density at radius 1 is 0.879 bits per heavy atom. The van der Waals surface area contributed by atoms with Crippen LogP contribution in [0.15, 0.2) is 48.5 Å². The number of carbonyl (C=O) groups excluding carboxylic acids is 1. The summed E-state index contributed by atoms with van der Waals surface area (Å²) in [6.45, 7) is 3.97. The number of amides is 1. The van der Waals surface area contributed by atoms with Gasteiger partial charge in [-0.2, -0.15) is 4.98 Å². The lowest BCUT2D eigenvalue weighted by molar-refractivity contribution is 0.102. The molecule has 1 aliphatic heterocycles. The Morgan fingerprint density at radius 2 is 1.52 bits per heavy atom. The fourth-order valence-corrected chi connectivity index (χ4v) is 3.78. The van der Waals surface area contributed by atoms with Gasteiger partial charge in [0.2, 0.25) is 5.95 Å². The van der Waals surface area contributed by atoms with Gasteiger partial charge >= 0.3 is 0 Å². The Bertz CT molecular complexity index is 1090. The molecule has 33 heavy (non-hydrogen) atoms. The maximum Gasteiger partial charge on any atom is 0.255 e. The molecule has 2 N–H and O–H groups in total. The predicted molar refractivity (Wildman–Crippen MR) is 130 cm³/mol. The van der Waals surface area contributed by atoms with E-state index >= 15 is 0 Å². The van der Waals surface area contributed by atoms with Gasteiger partial charge in [-0.1, -0.05) is 0 Å². The van der Waals surface area contributed by atoms with Gasteiger partial charge in [0.15, 0.2) is 0 Å². The van der Waals surface area contributed by atoms with Crippen molar-refractivity contribution in [1.29, 1.82) is 0 Å².